The van der Waals surface area contributed by atoms with E-state index >= 15 is 0 Å². The summed E-state index contributed by atoms with van der Waals surface area (Å²) >= 11 is 0. The Morgan fingerprint density at radius 3 is 2.64 bits per heavy atom. The molecule has 1 aromatic rings. The largest absolute Gasteiger partial charge is 0.473 e. The Hall–Kier alpha value is -1.16. The van der Waals surface area contributed by atoms with Crippen LogP contribution < -0.4 is 4.74 Å². The van der Waals surface area contributed by atoms with Gasteiger partial charge in [-0.1, -0.05) is 0 Å². The summed E-state index contributed by atoms with van der Waals surface area (Å²) in [6, 6.07) is 0. The standard InChI is InChI=1S/C10H14N2O2/c13-8-1-3-9(4-2-8)14-10-7-11-5-6-12-10/h5-9,13H,1-4H2. The van der Waals surface area contributed by atoms with Gasteiger partial charge in [0.2, 0.25) is 5.88 Å². The topological polar surface area (TPSA) is 55.2 Å². The van der Waals surface area contributed by atoms with Crippen molar-refractivity contribution in [2.45, 2.75) is 37.9 Å². The van der Waals surface area contributed by atoms with Crippen molar-refractivity contribution in [2.24, 2.45) is 0 Å². The summed E-state index contributed by atoms with van der Waals surface area (Å²) in [7, 11) is 0. The van der Waals surface area contributed by atoms with Crippen molar-refractivity contribution in [3.63, 3.8) is 0 Å². The van der Waals surface area contributed by atoms with Gasteiger partial charge in [0.05, 0.1) is 12.3 Å². The molecule has 1 heterocycles. The van der Waals surface area contributed by atoms with Crippen LogP contribution in [0, 0.1) is 0 Å². The van der Waals surface area contributed by atoms with Crippen LogP contribution in [0.25, 0.3) is 0 Å². The number of ether oxygens (including phenoxy) is 1. The van der Waals surface area contributed by atoms with Crippen LogP contribution in [-0.2, 0) is 0 Å². The highest BCUT2D eigenvalue weighted by atomic mass is 16.5. The van der Waals surface area contributed by atoms with Crippen LogP contribution in [0.15, 0.2) is 18.6 Å². The van der Waals surface area contributed by atoms with Crippen LogP contribution in [-0.4, -0.2) is 27.3 Å². The van der Waals surface area contributed by atoms with E-state index in [1.54, 1.807) is 18.6 Å². The second-order valence-electron chi connectivity index (χ2n) is 3.59. The van der Waals surface area contributed by atoms with E-state index in [1.807, 2.05) is 0 Å². The molecule has 1 aromatic heterocycles. The average Bonchev–Trinajstić information content (AvgIpc) is 2.23. The minimum atomic E-state index is -0.142. The molecule has 0 spiro atoms. The Morgan fingerprint density at radius 1 is 1.21 bits per heavy atom. The van der Waals surface area contributed by atoms with Crippen molar-refractivity contribution >= 4 is 0 Å². The number of aliphatic hydroxyl groups excluding tert-OH is 1. The Balaban J connectivity index is 1.87. The summed E-state index contributed by atoms with van der Waals surface area (Å²) < 4.78 is 5.62. The SMILES string of the molecule is OC1CCC(Oc2cnccn2)CC1. The minimum Gasteiger partial charge on any atom is -0.473 e. The van der Waals surface area contributed by atoms with E-state index in [-0.39, 0.29) is 12.2 Å². The van der Waals surface area contributed by atoms with Crippen molar-refractivity contribution in [3.8, 4) is 5.88 Å². The maximum absolute atomic E-state index is 9.31. The monoisotopic (exact) mass is 194 g/mol. The van der Waals surface area contributed by atoms with Crippen LogP contribution in [0.3, 0.4) is 0 Å². The van der Waals surface area contributed by atoms with Crippen molar-refractivity contribution in [1.29, 1.82) is 0 Å². The maximum atomic E-state index is 9.31. The third-order valence-corrected chi connectivity index (χ3v) is 2.47. The molecule has 0 bridgehead atoms. The van der Waals surface area contributed by atoms with Crippen molar-refractivity contribution in [1.82, 2.24) is 9.97 Å². The molecular formula is C10H14N2O2. The summed E-state index contributed by atoms with van der Waals surface area (Å²) in [5.41, 5.74) is 0. The molecule has 0 saturated heterocycles. The van der Waals surface area contributed by atoms with Crippen LogP contribution in [0.5, 0.6) is 5.88 Å². The molecule has 14 heavy (non-hydrogen) atoms. The molecule has 0 aliphatic heterocycles. The zero-order valence-corrected chi connectivity index (χ0v) is 7.97. The highest BCUT2D eigenvalue weighted by Crippen LogP contribution is 2.21. The molecule has 4 nitrogen and oxygen atoms in total. The first-order valence-corrected chi connectivity index (χ1v) is 4.95. The molecule has 4 heteroatoms. The van der Waals surface area contributed by atoms with Crippen LogP contribution in [0.2, 0.25) is 0 Å². The lowest BCUT2D eigenvalue weighted by atomic mass is 9.95. The lowest BCUT2D eigenvalue weighted by Crippen LogP contribution is -2.26. The molecule has 76 valence electrons. The molecule has 0 atom stereocenters. The van der Waals surface area contributed by atoms with Gasteiger partial charge in [0.25, 0.3) is 0 Å². The molecule has 1 aliphatic carbocycles. The van der Waals surface area contributed by atoms with E-state index in [4.69, 9.17) is 4.74 Å². The van der Waals surface area contributed by atoms with Gasteiger partial charge in [0.1, 0.15) is 6.10 Å². The van der Waals surface area contributed by atoms with Crippen LogP contribution in [0.1, 0.15) is 25.7 Å². The molecule has 0 radical (unpaired) electrons. The highest BCUT2D eigenvalue weighted by Gasteiger charge is 2.20. The quantitative estimate of drug-likeness (QED) is 0.767. The normalized spacial score (nSPS) is 27.2. The first-order valence-electron chi connectivity index (χ1n) is 4.95. The number of rotatable bonds is 2. The molecule has 1 N–H and O–H groups in total. The average molecular weight is 194 g/mol. The molecule has 0 amide bonds. The zero-order chi connectivity index (χ0) is 9.80. The van der Waals surface area contributed by atoms with Gasteiger partial charge in [-0.05, 0) is 25.7 Å². The van der Waals surface area contributed by atoms with Gasteiger partial charge in [-0.15, -0.1) is 0 Å². The smallest absolute Gasteiger partial charge is 0.232 e. The maximum Gasteiger partial charge on any atom is 0.232 e. The number of aromatic nitrogens is 2. The summed E-state index contributed by atoms with van der Waals surface area (Å²) in [4.78, 5) is 7.97. The predicted molar refractivity (Wildman–Crippen MR) is 50.9 cm³/mol. The Labute approximate surface area is 83.0 Å². The summed E-state index contributed by atoms with van der Waals surface area (Å²) in [5, 5.41) is 9.31. The molecule has 1 saturated carbocycles. The van der Waals surface area contributed by atoms with Crippen LogP contribution >= 0.6 is 0 Å². The Morgan fingerprint density at radius 2 is 2.00 bits per heavy atom. The van der Waals surface area contributed by atoms with Gasteiger partial charge in [-0.3, -0.25) is 4.98 Å². The number of hydrogen-bond donors (Lipinski definition) is 1. The third kappa shape index (κ3) is 2.42. The Bertz CT molecular complexity index is 271. The van der Waals surface area contributed by atoms with Crippen molar-refractivity contribution < 1.29 is 9.84 Å². The first kappa shape index (κ1) is 9.40. The number of aliphatic hydroxyl groups is 1. The fourth-order valence-corrected chi connectivity index (χ4v) is 1.68. The van der Waals surface area contributed by atoms with E-state index < -0.39 is 0 Å². The van der Waals surface area contributed by atoms with Crippen molar-refractivity contribution in [3.05, 3.63) is 18.6 Å². The van der Waals surface area contributed by atoms with E-state index in [2.05, 4.69) is 9.97 Å². The molecule has 2 rings (SSSR count). The van der Waals surface area contributed by atoms with E-state index in [0.29, 0.717) is 5.88 Å². The van der Waals surface area contributed by atoms with Gasteiger partial charge in [-0.25, -0.2) is 4.98 Å². The second-order valence-corrected chi connectivity index (χ2v) is 3.59. The van der Waals surface area contributed by atoms with Gasteiger partial charge in [0, 0.05) is 12.4 Å². The molecule has 0 aromatic carbocycles. The van der Waals surface area contributed by atoms with E-state index in [9.17, 15) is 5.11 Å². The molecule has 1 aliphatic rings. The van der Waals surface area contributed by atoms with Gasteiger partial charge in [-0.2, -0.15) is 0 Å². The fraction of sp³-hybridized carbons (Fsp3) is 0.600. The van der Waals surface area contributed by atoms with Gasteiger partial charge in [0.15, 0.2) is 0 Å². The lowest BCUT2D eigenvalue weighted by Gasteiger charge is -2.25. The Kier molecular flexibility index (Phi) is 2.93. The van der Waals surface area contributed by atoms with Crippen molar-refractivity contribution in [2.75, 3.05) is 0 Å². The van der Waals surface area contributed by atoms with Crippen LogP contribution in [0.4, 0.5) is 0 Å². The second kappa shape index (κ2) is 4.37. The molecule has 1 fully saturated rings. The number of hydrogen-bond acceptors (Lipinski definition) is 4. The fourth-order valence-electron chi connectivity index (χ4n) is 1.68. The third-order valence-electron chi connectivity index (χ3n) is 2.47. The van der Waals surface area contributed by atoms with Gasteiger partial charge < -0.3 is 9.84 Å². The summed E-state index contributed by atoms with van der Waals surface area (Å²) in [5.74, 6) is 0.578. The molecule has 0 unspecified atom stereocenters. The predicted octanol–water partition coefficient (Wildman–Crippen LogP) is 1.16. The molecular weight excluding hydrogens is 180 g/mol. The summed E-state index contributed by atoms with van der Waals surface area (Å²) in [6.45, 7) is 0. The van der Waals surface area contributed by atoms with E-state index in [0.717, 1.165) is 25.7 Å². The lowest BCUT2D eigenvalue weighted by molar-refractivity contribution is 0.0641. The minimum absolute atomic E-state index is 0.142. The zero-order valence-electron chi connectivity index (χ0n) is 7.97. The van der Waals surface area contributed by atoms with E-state index in [1.165, 1.54) is 0 Å². The highest BCUT2D eigenvalue weighted by molar-refractivity contribution is 5.02. The first-order chi connectivity index (χ1) is 6.84. The van der Waals surface area contributed by atoms with Gasteiger partial charge >= 0.3 is 0 Å². The summed E-state index contributed by atoms with van der Waals surface area (Å²) in [6.07, 6.45) is 8.35. The number of nitrogens with zero attached hydrogens (tertiary/aromatic N) is 2.